The van der Waals surface area contributed by atoms with Gasteiger partial charge >= 0.3 is 0 Å². The van der Waals surface area contributed by atoms with E-state index in [4.69, 9.17) is 10.6 Å². The van der Waals surface area contributed by atoms with Gasteiger partial charge in [0.2, 0.25) is 11.1 Å². The highest BCUT2D eigenvalue weighted by molar-refractivity contribution is 8.00. The number of carbonyl (C=O) groups excluding carboxylic acids is 1. The van der Waals surface area contributed by atoms with Gasteiger partial charge in [0.15, 0.2) is 5.82 Å². The van der Waals surface area contributed by atoms with Crippen molar-refractivity contribution in [2.24, 2.45) is 5.92 Å². The standard InChI is InChI=1S/C19H26FN5O2S/c1-13(18(26)22-11-14-5-3-2-4-6-14)28-19-24-23-17(25(19)21)12-27-16-9-7-15(20)8-10-16/h7-10,13-14H,2-6,11-12,21H2,1H3,(H,22,26). The number of rotatable bonds is 8. The third-order valence-corrected chi connectivity index (χ3v) is 5.91. The molecule has 1 fully saturated rings. The van der Waals surface area contributed by atoms with Gasteiger partial charge in [-0.15, -0.1) is 10.2 Å². The van der Waals surface area contributed by atoms with E-state index in [0.29, 0.717) is 22.6 Å². The summed E-state index contributed by atoms with van der Waals surface area (Å²) in [6.45, 7) is 2.65. The van der Waals surface area contributed by atoms with Gasteiger partial charge < -0.3 is 15.9 Å². The Morgan fingerprint density at radius 1 is 1.32 bits per heavy atom. The number of hydrogen-bond acceptors (Lipinski definition) is 6. The van der Waals surface area contributed by atoms with Crippen LogP contribution < -0.4 is 15.9 Å². The van der Waals surface area contributed by atoms with Gasteiger partial charge in [-0.1, -0.05) is 31.0 Å². The molecule has 3 N–H and O–H groups in total. The number of nitrogens with zero attached hydrogens (tertiary/aromatic N) is 3. The van der Waals surface area contributed by atoms with Crippen LogP contribution in [-0.4, -0.2) is 32.6 Å². The fraction of sp³-hybridized carbons (Fsp3) is 0.526. The van der Waals surface area contributed by atoms with E-state index in [0.717, 1.165) is 6.54 Å². The third-order valence-electron chi connectivity index (χ3n) is 4.86. The second-order valence-corrected chi connectivity index (χ2v) is 8.33. The molecule has 1 aliphatic rings. The number of nitrogen functional groups attached to an aromatic ring is 1. The number of nitrogens with two attached hydrogens (primary N) is 1. The number of carbonyl (C=O) groups is 1. The normalized spacial score (nSPS) is 15.9. The molecule has 0 saturated heterocycles. The Morgan fingerprint density at radius 2 is 2.04 bits per heavy atom. The van der Waals surface area contributed by atoms with Crippen molar-refractivity contribution in [3.05, 3.63) is 35.9 Å². The van der Waals surface area contributed by atoms with Crippen molar-refractivity contribution < 1.29 is 13.9 Å². The van der Waals surface area contributed by atoms with Crippen molar-refractivity contribution in [2.45, 2.75) is 56.0 Å². The molecule has 2 aromatic rings. The number of nitrogens with one attached hydrogen (secondary N) is 1. The summed E-state index contributed by atoms with van der Waals surface area (Å²) in [6.07, 6.45) is 6.19. The lowest BCUT2D eigenvalue weighted by atomic mass is 9.89. The molecule has 0 bridgehead atoms. The Labute approximate surface area is 168 Å². The summed E-state index contributed by atoms with van der Waals surface area (Å²) in [5, 5.41) is 11.2. The highest BCUT2D eigenvalue weighted by atomic mass is 32.2. The molecule has 1 saturated carbocycles. The average molecular weight is 408 g/mol. The van der Waals surface area contributed by atoms with Crippen molar-refractivity contribution in [3.63, 3.8) is 0 Å². The smallest absolute Gasteiger partial charge is 0.233 e. The summed E-state index contributed by atoms with van der Waals surface area (Å²) in [5.41, 5.74) is 0. The topological polar surface area (TPSA) is 95.1 Å². The number of aromatic nitrogens is 3. The van der Waals surface area contributed by atoms with Crippen LogP contribution in [-0.2, 0) is 11.4 Å². The molecule has 1 aliphatic carbocycles. The van der Waals surface area contributed by atoms with E-state index in [2.05, 4.69) is 15.5 Å². The lowest BCUT2D eigenvalue weighted by molar-refractivity contribution is -0.120. The zero-order chi connectivity index (χ0) is 19.9. The molecule has 28 heavy (non-hydrogen) atoms. The minimum Gasteiger partial charge on any atom is -0.486 e. The molecular formula is C19H26FN5O2S. The fourth-order valence-electron chi connectivity index (χ4n) is 3.16. The molecule has 0 radical (unpaired) electrons. The van der Waals surface area contributed by atoms with Crippen molar-refractivity contribution in [1.29, 1.82) is 0 Å². The molecule has 7 nitrogen and oxygen atoms in total. The lowest BCUT2D eigenvalue weighted by Gasteiger charge is -2.22. The van der Waals surface area contributed by atoms with Gasteiger partial charge in [-0.3, -0.25) is 4.79 Å². The van der Waals surface area contributed by atoms with Crippen molar-refractivity contribution in [3.8, 4) is 5.75 Å². The first-order chi connectivity index (χ1) is 13.5. The summed E-state index contributed by atoms with van der Waals surface area (Å²) in [5.74, 6) is 7.19. The average Bonchev–Trinajstić information content (AvgIpc) is 3.06. The zero-order valence-electron chi connectivity index (χ0n) is 15.9. The van der Waals surface area contributed by atoms with Crippen LogP contribution in [0.4, 0.5) is 4.39 Å². The Balaban J connectivity index is 1.48. The fourth-order valence-corrected chi connectivity index (χ4v) is 3.97. The van der Waals surface area contributed by atoms with Crippen molar-refractivity contribution >= 4 is 17.7 Å². The van der Waals surface area contributed by atoms with Gasteiger partial charge in [0, 0.05) is 6.54 Å². The first kappa shape index (κ1) is 20.4. The van der Waals surface area contributed by atoms with Gasteiger partial charge in [-0.25, -0.2) is 9.07 Å². The summed E-state index contributed by atoms with van der Waals surface area (Å²) in [4.78, 5) is 12.4. The van der Waals surface area contributed by atoms with Gasteiger partial charge in [0.25, 0.3) is 0 Å². The second kappa shape index (κ2) is 9.77. The first-order valence-corrected chi connectivity index (χ1v) is 10.4. The summed E-state index contributed by atoms with van der Waals surface area (Å²) in [6, 6.07) is 5.69. The monoisotopic (exact) mass is 407 g/mol. The molecular weight excluding hydrogens is 381 g/mol. The maximum absolute atomic E-state index is 12.9. The van der Waals surface area contributed by atoms with Crippen LogP contribution in [0.25, 0.3) is 0 Å². The number of halogens is 1. The summed E-state index contributed by atoms with van der Waals surface area (Å²) >= 11 is 1.26. The predicted octanol–water partition coefficient (Wildman–Crippen LogP) is 2.89. The molecule has 1 aromatic heterocycles. The summed E-state index contributed by atoms with van der Waals surface area (Å²) in [7, 11) is 0. The summed E-state index contributed by atoms with van der Waals surface area (Å²) < 4.78 is 19.8. The zero-order valence-corrected chi connectivity index (χ0v) is 16.8. The molecule has 0 spiro atoms. The van der Waals surface area contributed by atoms with Crippen LogP contribution in [0, 0.1) is 11.7 Å². The highest BCUT2D eigenvalue weighted by Crippen LogP contribution is 2.24. The van der Waals surface area contributed by atoms with Gasteiger partial charge in [0.05, 0.1) is 5.25 Å². The molecule has 3 rings (SSSR count). The van der Waals surface area contributed by atoms with Crippen LogP contribution in [0.1, 0.15) is 44.9 Å². The first-order valence-electron chi connectivity index (χ1n) is 9.55. The van der Waals surface area contributed by atoms with Crippen LogP contribution in [0.2, 0.25) is 0 Å². The third kappa shape index (κ3) is 5.60. The molecule has 9 heteroatoms. The molecule has 1 aromatic carbocycles. The Hall–Kier alpha value is -2.29. The Bertz CT molecular complexity index is 777. The van der Waals surface area contributed by atoms with Crippen LogP contribution in [0.5, 0.6) is 5.75 Å². The predicted molar refractivity (Wildman–Crippen MR) is 106 cm³/mol. The molecule has 1 amide bonds. The Kier molecular flexibility index (Phi) is 7.13. The minimum absolute atomic E-state index is 0.0253. The van der Waals surface area contributed by atoms with Crippen LogP contribution in [0.15, 0.2) is 29.4 Å². The van der Waals surface area contributed by atoms with E-state index in [9.17, 15) is 9.18 Å². The van der Waals surface area contributed by atoms with Gasteiger partial charge in [-0.05, 0) is 49.9 Å². The number of benzene rings is 1. The van der Waals surface area contributed by atoms with E-state index in [-0.39, 0.29) is 23.6 Å². The number of amides is 1. The maximum atomic E-state index is 12.9. The SMILES string of the molecule is CC(Sc1nnc(COc2ccc(F)cc2)n1N)C(=O)NCC1CCCCC1. The van der Waals surface area contributed by atoms with E-state index in [1.54, 1.807) is 0 Å². The number of ether oxygens (including phenoxy) is 1. The van der Waals surface area contributed by atoms with Gasteiger partial charge in [-0.2, -0.15) is 0 Å². The van der Waals surface area contributed by atoms with Gasteiger partial charge in [0.1, 0.15) is 18.2 Å². The van der Waals surface area contributed by atoms with Crippen molar-refractivity contribution in [2.75, 3.05) is 12.4 Å². The molecule has 1 atom stereocenters. The quantitative estimate of drug-likeness (QED) is 0.516. The number of thioether (sulfide) groups is 1. The van der Waals surface area contributed by atoms with Crippen LogP contribution >= 0.6 is 11.8 Å². The van der Waals surface area contributed by atoms with Crippen molar-refractivity contribution in [1.82, 2.24) is 20.2 Å². The minimum atomic E-state index is -0.332. The molecule has 0 aliphatic heterocycles. The molecule has 1 heterocycles. The molecule has 152 valence electrons. The largest absolute Gasteiger partial charge is 0.486 e. The van der Waals surface area contributed by atoms with E-state index >= 15 is 0 Å². The second-order valence-electron chi connectivity index (χ2n) is 7.02. The highest BCUT2D eigenvalue weighted by Gasteiger charge is 2.21. The van der Waals surface area contributed by atoms with E-state index in [1.165, 1.54) is 72.8 Å². The lowest BCUT2D eigenvalue weighted by Crippen LogP contribution is -2.35. The Morgan fingerprint density at radius 3 is 2.75 bits per heavy atom. The maximum Gasteiger partial charge on any atom is 0.233 e. The number of hydrogen-bond donors (Lipinski definition) is 2. The van der Waals surface area contributed by atoms with E-state index < -0.39 is 0 Å². The molecule has 1 unspecified atom stereocenters. The van der Waals surface area contributed by atoms with Crippen LogP contribution in [0.3, 0.4) is 0 Å². The van der Waals surface area contributed by atoms with E-state index in [1.807, 2.05) is 6.92 Å².